The largest absolute Gasteiger partial charge is 0.266 e. The molecule has 0 amide bonds. The van der Waals surface area contributed by atoms with Gasteiger partial charge in [0.05, 0.1) is 29.5 Å². The topological polar surface area (TPSA) is 41.6 Å². The number of rotatable bonds is 2. The Morgan fingerprint density at radius 1 is 1.83 bits per heavy atom. The maximum Gasteiger partial charge on any atom is 0.140 e. The predicted molar refractivity (Wildman–Crippen MR) is 47.2 cm³/mol. The molecule has 0 aliphatic rings. The van der Waals surface area contributed by atoms with Crippen LogP contribution in [0.4, 0.5) is 0 Å². The highest BCUT2D eigenvalue weighted by Gasteiger charge is 2.08. The molecule has 12 heavy (non-hydrogen) atoms. The number of aromatic nitrogens is 2. The van der Waals surface area contributed by atoms with Gasteiger partial charge in [0.25, 0.3) is 0 Å². The molecule has 1 rings (SSSR count). The molecule has 0 spiro atoms. The third-order valence-corrected chi connectivity index (χ3v) is 2.12. The minimum atomic E-state index is -0.556. The summed E-state index contributed by atoms with van der Waals surface area (Å²) in [7, 11) is 0. The SMILES string of the molecule is Cc1c(Cl)cnn1CC(Cl)C#N. The summed E-state index contributed by atoms with van der Waals surface area (Å²) in [5.41, 5.74) is 0.831. The number of nitriles is 1. The van der Waals surface area contributed by atoms with Gasteiger partial charge < -0.3 is 0 Å². The van der Waals surface area contributed by atoms with Gasteiger partial charge in [0.15, 0.2) is 0 Å². The minimum absolute atomic E-state index is 0.372. The van der Waals surface area contributed by atoms with E-state index < -0.39 is 5.38 Å². The third-order valence-electron chi connectivity index (χ3n) is 1.52. The number of hydrogen-bond donors (Lipinski definition) is 0. The summed E-state index contributed by atoms with van der Waals surface area (Å²) in [6.07, 6.45) is 1.54. The fourth-order valence-electron chi connectivity index (χ4n) is 0.800. The smallest absolute Gasteiger partial charge is 0.140 e. The molecule has 0 N–H and O–H groups in total. The summed E-state index contributed by atoms with van der Waals surface area (Å²) in [6.45, 7) is 2.20. The van der Waals surface area contributed by atoms with Crippen LogP contribution in [-0.2, 0) is 6.54 Å². The Bertz CT molecular complexity index is 313. The average molecular weight is 204 g/mol. The zero-order valence-corrected chi connectivity index (χ0v) is 7.97. The molecule has 0 aliphatic heterocycles. The molecule has 3 nitrogen and oxygen atoms in total. The van der Waals surface area contributed by atoms with Crippen molar-refractivity contribution >= 4 is 23.2 Å². The number of halogens is 2. The Morgan fingerprint density at radius 3 is 2.92 bits per heavy atom. The van der Waals surface area contributed by atoms with Crippen LogP contribution in [0, 0.1) is 18.3 Å². The molecular formula is C7H7Cl2N3. The Morgan fingerprint density at radius 2 is 2.50 bits per heavy atom. The first-order chi connectivity index (χ1) is 5.65. The van der Waals surface area contributed by atoms with Crippen LogP contribution >= 0.6 is 23.2 Å². The van der Waals surface area contributed by atoms with Gasteiger partial charge in [0.2, 0.25) is 0 Å². The molecule has 0 saturated carbocycles. The fraction of sp³-hybridized carbons (Fsp3) is 0.429. The van der Waals surface area contributed by atoms with Crippen molar-refractivity contribution in [1.29, 1.82) is 5.26 Å². The van der Waals surface area contributed by atoms with E-state index in [1.165, 1.54) is 6.20 Å². The lowest BCUT2D eigenvalue weighted by molar-refractivity contribution is 0.614. The number of nitrogens with zero attached hydrogens (tertiary/aromatic N) is 3. The van der Waals surface area contributed by atoms with Crippen molar-refractivity contribution in [2.45, 2.75) is 18.8 Å². The van der Waals surface area contributed by atoms with Crippen molar-refractivity contribution in [2.24, 2.45) is 0 Å². The fourth-order valence-corrected chi connectivity index (χ4v) is 1.07. The molecule has 1 aromatic heterocycles. The normalized spacial score (nSPS) is 12.5. The summed E-state index contributed by atoms with van der Waals surface area (Å²) in [5.74, 6) is 0. The average Bonchev–Trinajstić information content (AvgIpc) is 2.36. The second kappa shape index (κ2) is 3.79. The van der Waals surface area contributed by atoms with E-state index in [0.717, 1.165) is 5.69 Å². The lowest BCUT2D eigenvalue weighted by Crippen LogP contribution is -2.10. The van der Waals surface area contributed by atoms with Crippen molar-refractivity contribution < 1.29 is 0 Å². The van der Waals surface area contributed by atoms with Gasteiger partial charge in [-0.15, -0.1) is 11.6 Å². The molecular weight excluding hydrogens is 197 g/mol. The molecule has 0 bridgehead atoms. The van der Waals surface area contributed by atoms with E-state index in [2.05, 4.69) is 5.10 Å². The van der Waals surface area contributed by atoms with Gasteiger partial charge in [-0.2, -0.15) is 10.4 Å². The monoisotopic (exact) mass is 203 g/mol. The first kappa shape index (κ1) is 9.37. The summed E-state index contributed by atoms with van der Waals surface area (Å²) in [4.78, 5) is 0. The quantitative estimate of drug-likeness (QED) is 0.691. The maximum absolute atomic E-state index is 8.44. The van der Waals surface area contributed by atoms with Gasteiger partial charge in [-0.1, -0.05) is 11.6 Å². The highest BCUT2D eigenvalue weighted by atomic mass is 35.5. The molecule has 5 heteroatoms. The van der Waals surface area contributed by atoms with E-state index in [0.29, 0.717) is 11.6 Å². The molecule has 1 heterocycles. The van der Waals surface area contributed by atoms with Crippen LogP contribution in [0.1, 0.15) is 5.69 Å². The molecule has 0 radical (unpaired) electrons. The van der Waals surface area contributed by atoms with Crippen LogP contribution in [0.2, 0.25) is 5.02 Å². The van der Waals surface area contributed by atoms with Crippen LogP contribution in [0.25, 0.3) is 0 Å². The van der Waals surface area contributed by atoms with E-state index in [1.54, 1.807) is 4.68 Å². The van der Waals surface area contributed by atoms with Crippen LogP contribution < -0.4 is 0 Å². The van der Waals surface area contributed by atoms with E-state index in [9.17, 15) is 0 Å². The number of alkyl halides is 1. The van der Waals surface area contributed by atoms with Gasteiger partial charge in [-0.3, -0.25) is 4.68 Å². The molecule has 0 aliphatic carbocycles. The Balaban J connectivity index is 2.77. The highest BCUT2D eigenvalue weighted by molar-refractivity contribution is 6.31. The maximum atomic E-state index is 8.44. The lowest BCUT2D eigenvalue weighted by Gasteiger charge is -2.03. The van der Waals surface area contributed by atoms with Gasteiger partial charge in [0, 0.05) is 0 Å². The summed E-state index contributed by atoms with van der Waals surface area (Å²) in [5, 5.41) is 12.4. The van der Waals surface area contributed by atoms with Crippen LogP contribution in [-0.4, -0.2) is 15.2 Å². The van der Waals surface area contributed by atoms with Crippen molar-refractivity contribution in [3.05, 3.63) is 16.9 Å². The van der Waals surface area contributed by atoms with E-state index >= 15 is 0 Å². The summed E-state index contributed by atoms with van der Waals surface area (Å²) < 4.78 is 1.61. The van der Waals surface area contributed by atoms with E-state index in [4.69, 9.17) is 28.5 Å². The van der Waals surface area contributed by atoms with Gasteiger partial charge >= 0.3 is 0 Å². The zero-order chi connectivity index (χ0) is 9.14. The van der Waals surface area contributed by atoms with E-state index in [1.807, 2.05) is 13.0 Å². The van der Waals surface area contributed by atoms with Crippen molar-refractivity contribution in [2.75, 3.05) is 0 Å². The minimum Gasteiger partial charge on any atom is -0.266 e. The summed E-state index contributed by atoms with van der Waals surface area (Å²) in [6, 6.07) is 1.91. The zero-order valence-electron chi connectivity index (χ0n) is 6.46. The molecule has 0 fully saturated rings. The van der Waals surface area contributed by atoms with Crippen LogP contribution in [0.15, 0.2) is 6.20 Å². The second-order valence-electron chi connectivity index (χ2n) is 2.36. The second-order valence-corrected chi connectivity index (χ2v) is 3.29. The molecule has 0 saturated heterocycles. The molecule has 64 valence electrons. The molecule has 1 aromatic rings. The predicted octanol–water partition coefficient (Wildman–Crippen LogP) is 1.98. The highest BCUT2D eigenvalue weighted by Crippen LogP contribution is 2.14. The van der Waals surface area contributed by atoms with E-state index in [-0.39, 0.29) is 0 Å². The van der Waals surface area contributed by atoms with Crippen molar-refractivity contribution in [1.82, 2.24) is 9.78 Å². The first-order valence-corrected chi connectivity index (χ1v) is 4.18. The first-order valence-electron chi connectivity index (χ1n) is 3.36. The van der Waals surface area contributed by atoms with Gasteiger partial charge in [-0.05, 0) is 6.92 Å². The van der Waals surface area contributed by atoms with Crippen molar-refractivity contribution in [3.8, 4) is 6.07 Å². The molecule has 0 aromatic carbocycles. The Hall–Kier alpha value is -0.720. The molecule has 1 unspecified atom stereocenters. The van der Waals surface area contributed by atoms with Gasteiger partial charge in [0.1, 0.15) is 5.38 Å². The Kier molecular flexibility index (Phi) is 2.96. The standard InChI is InChI=1S/C7H7Cl2N3/c1-5-7(9)3-11-12(5)4-6(8)2-10/h3,6H,4H2,1H3. The van der Waals surface area contributed by atoms with Crippen LogP contribution in [0.3, 0.4) is 0 Å². The number of hydrogen-bond acceptors (Lipinski definition) is 2. The van der Waals surface area contributed by atoms with Crippen molar-refractivity contribution in [3.63, 3.8) is 0 Å². The lowest BCUT2D eigenvalue weighted by atomic mass is 10.4. The van der Waals surface area contributed by atoms with Gasteiger partial charge in [-0.25, -0.2) is 0 Å². The third kappa shape index (κ3) is 1.90. The Labute approximate surface area is 80.5 Å². The van der Waals surface area contributed by atoms with Crippen LogP contribution in [0.5, 0.6) is 0 Å². The summed E-state index contributed by atoms with van der Waals surface area (Å²) >= 11 is 11.4. The molecule has 1 atom stereocenters.